The fraction of sp³-hybridized carbons (Fsp3) is 0.375. The highest BCUT2D eigenvalue weighted by Gasteiger charge is 2.32. The molecule has 1 aromatic heterocycles. The van der Waals surface area contributed by atoms with Crippen LogP contribution in [-0.2, 0) is 10.0 Å². The molecule has 0 bridgehead atoms. The molecule has 0 N–H and O–H groups in total. The average Bonchev–Trinajstić information content (AvgIpc) is 2.62. The summed E-state index contributed by atoms with van der Waals surface area (Å²) in [7, 11) is -2.49. The number of benzene rings is 1. The Morgan fingerprint density at radius 2 is 2.04 bits per heavy atom. The smallest absolute Gasteiger partial charge is 0.316 e. The van der Waals surface area contributed by atoms with Crippen LogP contribution in [0.15, 0.2) is 41.6 Å². The molecule has 1 aromatic carbocycles. The summed E-state index contributed by atoms with van der Waals surface area (Å²) in [5.74, 6) is -0.717. The van der Waals surface area contributed by atoms with E-state index in [9.17, 15) is 12.8 Å². The number of ether oxygens (including phenoxy) is 2. The van der Waals surface area contributed by atoms with E-state index >= 15 is 0 Å². The first-order valence-corrected chi connectivity index (χ1v) is 9.22. The van der Waals surface area contributed by atoms with Gasteiger partial charge in [0.25, 0.3) is 0 Å². The van der Waals surface area contributed by atoms with E-state index in [1.807, 2.05) is 0 Å². The van der Waals surface area contributed by atoms with Crippen LogP contribution in [0.2, 0.25) is 0 Å². The number of aromatic nitrogens is 2. The lowest BCUT2D eigenvalue weighted by Gasteiger charge is -2.31. The quantitative estimate of drug-likeness (QED) is 0.802. The minimum atomic E-state index is -3.82. The lowest BCUT2D eigenvalue weighted by molar-refractivity contribution is 0.119. The van der Waals surface area contributed by atoms with Gasteiger partial charge in [0.15, 0.2) is 11.6 Å². The standard InChI is InChI=1S/C16H18FN3O4S/c1-23-15-6-5-13(10-14(15)17)25(21,22)20-9-2-4-12(11-20)24-16-18-7-3-8-19-16/h3,5-8,10,12H,2,4,9,11H2,1H3. The van der Waals surface area contributed by atoms with Crippen LogP contribution in [-0.4, -0.2) is 49.0 Å². The van der Waals surface area contributed by atoms with Crippen molar-refractivity contribution in [2.45, 2.75) is 23.8 Å². The Kier molecular flexibility index (Phi) is 5.14. The summed E-state index contributed by atoms with van der Waals surface area (Å²) >= 11 is 0. The maximum Gasteiger partial charge on any atom is 0.316 e. The Labute approximate surface area is 145 Å². The van der Waals surface area contributed by atoms with Crippen molar-refractivity contribution in [2.24, 2.45) is 0 Å². The normalized spacial score (nSPS) is 18.7. The first kappa shape index (κ1) is 17.6. The largest absolute Gasteiger partial charge is 0.494 e. The zero-order valence-corrected chi connectivity index (χ0v) is 14.4. The Morgan fingerprint density at radius 3 is 2.72 bits per heavy atom. The van der Waals surface area contributed by atoms with Gasteiger partial charge in [-0.05, 0) is 37.1 Å². The molecule has 0 aliphatic carbocycles. The topological polar surface area (TPSA) is 81.6 Å². The average molecular weight is 367 g/mol. The monoisotopic (exact) mass is 367 g/mol. The molecule has 25 heavy (non-hydrogen) atoms. The van der Waals surface area contributed by atoms with Crippen molar-refractivity contribution in [1.82, 2.24) is 14.3 Å². The van der Waals surface area contributed by atoms with E-state index < -0.39 is 15.8 Å². The molecule has 0 saturated carbocycles. The summed E-state index contributed by atoms with van der Waals surface area (Å²) in [6.07, 6.45) is 4.09. The van der Waals surface area contributed by atoms with E-state index in [0.717, 1.165) is 6.07 Å². The van der Waals surface area contributed by atoms with Gasteiger partial charge < -0.3 is 9.47 Å². The van der Waals surface area contributed by atoms with Crippen LogP contribution in [0.3, 0.4) is 0 Å². The third kappa shape index (κ3) is 3.88. The van der Waals surface area contributed by atoms with E-state index in [0.29, 0.717) is 19.4 Å². The van der Waals surface area contributed by atoms with Gasteiger partial charge >= 0.3 is 6.01 Å². The highest BCUT2D eigenvalue weighted by Crippen LogP contribution is 2.26. The lowest BCUT2D eigenvalue weighted by atomic mass is 10.1. The molecular formula is C16H18FN3O4S. The predicted octanol–water partition coefficient (Wildman–Crippen LogP) is 1.86. The van der Waals surface area contributed by atoms with Crippen LogP contribution in [0.4, 0.5) is 4.39 Å². The summed E-state index contributed by atoms with van der Waals surface area (Å²) in [4.78, 5) is 7.86. The van der Waals surface area contributed by atoms with E-state index in [1.165, 1.54) is 23.5 Å². The van der Waals surface area contributed by atoms with Gasteiger partial charge in [0, 0.05) is 18.9 Å². The summed E-state index contributed by atoms with van der Waals surface area (Å²) in [5.41, 5.74) is 0. The van der Waals surface area contributed by atoms with Gasteiger partial charge in [-0.3, -0.25) is 0 Å². The number of halogens is 1. The van der Waals surface area contributed by atoms with Gasteiger partial charge in [0.05, 0.1) is 18.6 Å². The fourth-order valence-electron chi connectivity index (χ4n) is 2.67. The lowest BCUT2D eigenvalue weighted by Crippen LogP contribution is -2.44. The number of rotatable bonds is 5. The molecule has 1 aliphatic heterocycles. The van der Waals surface area contributed by atoms with Crippen molar-refractivity contribution in [1.29, 1.82) is 0 Å². The van der Waals surface area contributed by atoms with Gasteiger partial charge in [-0.1, -0.05) is 0 Å². The summed E-state index contributed by atoms with van der Waals surface area (Å²) in [6, 6.07) is 5.49. The summed E-state index contributed by atoms with van der Waals surface area (Å²) in [6.45, 7) is 0.514. The zero-order valence-electron chi connectivity index (χ0n) is 13.6. The molecule has 7 nitrogen and oxygen atoms in total. The van der Waals surface area contributed by atoms with E-state index in [1.54, 1.807) is 18.5 Å². The van der Waals surface area contributed by atoms with Crippen LogP contribution < -0.4 is 9.47 Å². The number of hydrogen-bond donors (Lipinski definition) is 0. The Balaban J connectivity index is 1.76. The molecule has 1 fully saturated rings. The SMILES string of the molecule is COc1ccc(S(=O)(=O)N2CCCC(Oc3ncccn3)C2)cc1F. The minimum absolute atomic E-state index is 0.0000281. The van der Waals surface area contributed by atoms with Crippen molar-refractivity contribution in [3.8, 4) is 11.8 Å². The zero-order chi connectivity index (χ0) is 17.9. The molecule has 134 valence electrons. The number of nitrogens with zero attached hydrogens (tertiary/aromatic N) is 3. The predicted molar refractivity (Wildman–Crippen MR) is 87.4 cm³/mol. The van der Waals surface area contributed by atoms with Gasteiger partial charge in [-0.25, -0.2) is 22.8 Å². The fourth-order valence-corrected chi connectivity index (χ4v) is 4.19. The summed E-state index contributed by atoms with van der Waals surface area (Å²) < 4.78 is 51.2. The van der Waals surface area contributed by atoms with Gasteiger partial charge in [-0.2, -0.15) is 4.31 Å². The summed E-state index contributed by atoms with van der Waals surface area (Å²) in [5, 5.41) is 0. The molecule has 2 aromatic rings. The van der Waals surface area contributed by atoms with Crippen molar-refractivity contribution < 1.29 is 22.3 Å². The maximum atomic E-state index is 13.9. The third-order valence-electron chi connectivity index (χ3n) is 3.92. The maximum absolute atomic E-state index is 13.9. The first-order chi connectivity index (χ1) is 12.0. The second-order valence-electron chi connectivity index (χ2n) is 5.57. The van der Waals surface area contributed by atoms with Crippen LogP contribution in [0.5, 0.6) is 11.8 Å². The second-order valence-corrected chi connectivity index (χ2v) is 7.51. The van der Waals surface area contributed by atoms with E-state index in [-0.39, 0.29) is 29.3 Å². The molecule has 0 spiro atoms. The molecule has 0 radical (unpaired) electrons. The molecule has 1 atom stereocenters. The molecule has 2 heterocycles. The highest BCUT2D eigenvalue weighted by molar-refractivity contribution is 7.89. The number of methoxy groups -OCH3 is 1. The molecule has 1 aliphatic rings. The second kappa shape index (κ2) is 7.32. The molecular weight excluding hydrogens is 349 g/mol. The van der Waals surface area contributed by atoms with E-state index in [2.05, 4.69) is 9.97 Å². The van der Waals surface area contributed by atoms with Crippen molar-refractivity contribution in [3.05, 3.63) is 42.5 Å². The van der Waals surface area contributed by atoms with Gasteiger partial charge in [0.2, 0.25) is 10.0 Å². The highest BCUT2D eigenvalue weighted by atomic mass is 32.2. The van der Waals surface area contributed by atoms with E-state index in [4.69, 9.17) is 9.47 Å². The van der Waals surface area contributed by atoms with Crippen LogP contribution in [0.25, 0.3) is 0 Å². The van der Waals surface area contributed by atoms with Crippen molar-refractivity contribution in [3.63, 3.8) is 0 Å². The first-order valence-electron chi connectivity index (χ1n) is 7.78. The van der Waals surface area contributed by atoms with Crippen LogP contribution in [0, 0.1) is 5.82 Å². The number of piperidine rings is 1. The van der Waals surface area contributed by atoms with Crippen molar-refractivity contribution in [2.75, 3.05) is 20.2 Å². The van der Waals surface area contributed by atoms with Crippen molar-refractivity contribution >= 4 is 10.0 Å². The molecule has 0 amide bonds. The van der Waals surface area contributed by atoms with Crippen LogP contribution >= 0.6 is 0 Å². The molecule has 3 rings (SSSR count). The van der Waals surface area contributed by atoms with Crippen LogP contribution in [0.1, 0.15) is 12.8 Å². The van der Waals surface area contributed by atoms with Gasteiger partial charge in [0.1, 0.15) is 6.10 Å². The Hall–Kier alpha value is -2.26. The Bertz CT molecular complexity index is 833. The van der Waals surface area contributed by atoms with Gasteiger partial charge in [-0.15, -0.1) is 0 Å². The molecule has 1 unspecified atom stereocenters. The number of hydrogen-bond acceptors (Lipinski definition) is 6. The third-order valence-corrected chi connectivity index (χ3v) is 5.78. The minimum Gasteiger partial charge on any atom is -0.494 e. The number of sulfonamides is 1. The molecule has 1 saturated heterocycles. The Morgan fingerprint density at radius 1 is 1.28 bits per heavy atom. The molecule has 9 heteroatoms.